The first-order chi connectivity index (χ1) is 7.86. The quantitative estimate of drug-likeness (QED) is 0.725. The van der Waals surface area contributed by atoms with Crippen LogP contribution in [0.5, 0.6) is 0 Å². The number of nitrogens with one attached hydrogen (secondary N) is 2. The van der Waals surface area contributed by atoms with Crippen molar-refractivity contribution in [1.82, 2.24) is 30.9 Å². The van der Waals surface area contributed by atoms with E-state index < -0.39 is 0 Å². The zero-order valence-electron chi connectivity index (χ0n) is 8.42. The summed E-state index contributed by atoms with van der Waals surface area (Å²) in [5.41, 5.74) is 1.11. The molecule has 0 saturated heterocycles. The van der Waals surface area contributed by atoms with Gasteiger partial charge in [-0.1, -0.05) is 0 Å². The number of aromatic amines is 1. The molecule has 2 heterocycles. The van der Waals surface area contributed by atoms with Gasteiger partial charge in [0.2, 0.25) is 0 Å². The fraction of sp³-hybridized carbons (Fsp3) is 0.222. The predicted octanol–water partition coefficient (Wildman–Crippen LogP) is -0.433. The van der Waals surface area contributed by atoms with Gasteiger partial charge in [-0.3, -0.25) is 9.78 Å². The van der Waals surface area contributed by atoms with E-state index in [1.165, 1.54) is 0 Å². The van der Waals surface area contributed by atoms with E-state index in [0.29, 0.717) is 6.54 Å². The Balaban J connectivity index is 1.79. The second-order valence-electron chi connectivity index (χ2n) is 3.10. The fourth-order valence-electron chi connectivity index (χ4n) is 1.21. The molecule has 1 amide bonds. The van der Waals surface area contributed by atoms with Crippen LogP contribution >= 0.6 is 0 Å². The Hall–Kier alpha value is -2.31. The van der Waals surface area contributed by atoms with Crippen molar-refractivity contribution in [3.05, 3.63) is 35.9 Å². The van der Waals surface area contributed by atoms with Crippen molar-refractivity contribution in [2.45, 2.75) is 6.42 Å². The average Bonchev–Trinajstić information content (AvgIpc) is 2.84. The fourth-order valence-corrected chi connectivity index (χ4v) is 1.21. The Bertz CT molecular complexity index is 440. The number of carbonyl (C=O) groups is 1. The number of hydrogen-bond donors (Lipinski definition) is 2. The van der Waals surface area contributed by atoms with E-state index in [1.807, 2.05) is 12.1 Å². The molecule has 0 aliphatic rings. The monoisotopic (exact) mass is 218 g/mol. The van der Waals surface area contributed by atoms with E-state index in [-0.39, 0.29) is 11.7 Å². The lowest BCUT2D eigenvalue weighted by atomic mass is 10.2. The third kappa shape index (κ3) is 2.59. The third-order valence-corrected chi connectivity index (χ3v) is 2.00. The van der Waals surface area contributed by atoms with Crippen molar-refractivity contribution in [2.75, 3.05) is 6.54 Å². The molecule has 2 N–H and O–H groups in total. The molecule has 2 aromatic rings. The zero-order chi connectivity index (χ0) is 11.2. The Morgan fingerprint density at radius 1 is 1.38 bits per heavy atom. The van der Waals surface area contributed by atoms with Crippen LogP contribution in [0.2, 0.25) is 0 Å². The summed E-state index contributed by atoms with van der Waals surface area (Å²) in [6, 6.07) is 3.81. The number of hydrogen-bond acceptors (Lipinski definition) is 5. The molecule has 0 unspecified atom stereocenters. The highest BCUT2D eigenvalue weighted by molar-refractivity contribution is 5.89. The minimum atomic E-state index is -0.331. The van der Waals surface area contributed by atoms with Crippen LogP contribution in [0.1, 0.15) is 16.2 Å². The lowest BCUT2D eigenvalue weighted by molar-refractivity contribution is 0.0944. The van der Waals surface area contributed by atoms with E-state index in [0.717, 1.165) is 12.0 Å². The molecule has 0 bridgehead atoms. The van der Waals surface area contributed by atoms with Crippen LogP contribution in [0.3, 0.4) is 0 Å². The van der Waals surface area contributed by atoms with Gasteiger partial charge in [0.15, 0.2) is 0 Å². The van der Waals surface area contributed by atoms with Crippen LogP contribution in [0, 0.1) is 0 Å². The van der Waals surface area contributed by atoms with Gasteiger partial charge in [0, 0.05) is 18.9 Å². The van der Waals surface area contributed by atoms with Crippen LogP contribution < -0.4 is 5.32 Å². The molecular formula is C9H10N6O. The molecule has 7 heteroatoms. The van der Waals surface area contributed by atoms with Gasteiger partial charge in [0.05, 0.1) is 0 Å². The third-order valence-electron chi connectivity index (χ3n) is 2.00. The average molecular weight is 218 g/mol. The van der Waals surface area contributed by atoms with Gasteiger partial charge in [0.25, 0.3) is 11.7 Å². The van der Waals surface area contributed by atoms with E-state index in [9.17, 15) is 4.79 Å². The second-order valence-corrected chi connectivity index (χ2v) is 3.10. The number of tetrazole rings is 1. The van der Waals surface area contributed by atoms with Crippen LogP contribution in [0.4, 0.5) is 0 Å². The highest BCUT2D eigenvalue weighted by atomic mass is 16.2. The molecule has 16 heavy (non-hydrogen) atoms. The minimum absolute atomic E-state index is 0.0507. The van der Waals surface area contributed by atoms with E-state index in [4.69, 9.17) is 0 Å². The van der Waals surface area contributed by atoms with Crippen molar-refractivity contribution < 1.29 is 4.79 Å². The van der Waals surface area contributed by atoms with Gasteiger partial charge in [0.1, 0.15) is 0 Å². The van der Waals surface area contributed by atoms with Gasteiger partial charge in [-0.2, -0.15) is 5.21 Å². The molecular weight excluding hydrogens is 208 g/mol. The lowest BCUT2D eigenvalue weighted by Gasteiger charge is -2.01. The smallest absolute Gasteiger partial charge is 0.292 e. The Labute approximate surface area is 91.3 Å². The van der Waals surface area contributed by atoms with Crippen molar-refractivity contribution in [2.24, 2.45) is 0 Å². The molecule has 0 saturated carbocycles. The largest absolute Gasteiger partial charge is 0.349 e. The van der Waals surface area contributed by atoms with Crippen LogP contribution in [-0.2, 0) is 6.42 Å². The maximum atomic E-state index is 11.4. The van der Waals surface area contributed by atoms with E-state index >= 15 is 0 Å². The molecule has 2 rings (SSSR count). The van der Waals surface area contributed by atoms with Crippen molar-refractivity contribution >= 4 is 5.91 Å². The van der Waals surface area contributed by atoms with Gasteiger partial charge >= 0.3 is 0 Å². The summed E-state index contributed by atoms with van der Waals surface area (Å²) in [7, 11) is 0. The van der Waals surface area contributed by atoms with E-state index in [1.54, 1.807) is 12.4 Å². The molecule has 0 atom stereocenters. The summed E-state index contributed by atoms with van der Waals surface area (Å²) in [5.74, 6) is -0.280. The van der Waals surface area contributed by atoms with Crippen LogP contribution in [0.15, 0.2) is 24.5 Å². The number of amides is 1. The van der Waals surface area contributed by atoms with Crippen LogP contribution in [0.25, 0.3) is 0 Å². The van der Waals surface area contributed by atoms with Gasteiger partial charge in [-0.05, 0) is 29.3 Å². The normalized spacial score (nSPS) is 10.0. The first-order valence-electron chi connectivity index (χ1n) is 4.77. The molecule has 0 radical (unpaired) electrons. The van der Waals surface area contributed by atoms with Gasteiger partial charge in [-0.25, -0.2) is 0 Å². The molecule has 0 aliphatic carbocycles. The highest BCUT2D eigenvalue weighted by Gasteiger charge is 2.08. The summed E-state index contributed by atoms with van der Waals surface area (Å²) in [4.78, 5) is 15.3. The van der Waals surface area contributed by atoms with Crippen molar-refractivity contribution in [3.8, 4) is 0 Å². The summed E-state index contributed by atoms with van der Waals surface area (Å²) in [6.07, 6.45) is 4.18. The topological polar surface area (TPSA) is 96.5 Å². The Morgan fingerprint density at radius 3 is 2.88 bits per heavy atom. The number of carbonyl (C=O) groups excluding carboxylic acids is 1. The molecule has 0 fully saturated rings. The molecule has 82 valence electrons. The molecule has 0 aromatic carbocycles. The molecule has 0 spiro atoms. The van der Waals surface area contributed by atoms with E-state index in [2.05, 4.69) is 30.9 Å². The Kier molecular flexibility index (Phi) is 3.17. The summed E-state index contributed by atoms with van der Waals surface area (Å²) < 4.78 is 0. The standard InChI is InChI=1S/C9H10N6O/c16-9(8-12-14-15-13-8)11-6-3-7-1-4-10-5-2-7/h1-2,4-5H,3,6H2,(H,11,16)(H,12,13,14,15). The first-order valence-corrected chi connectivity index (χ1v) is 4.77. The van der Waals surface area contributed by atoms with Crippen LogP contribution in [-0.4, -0.2) is 38.1 Å². The van der Waals surface area contributed by atoms with Gasteiger partial charge < -0.3 is 5.32 Å². The first kappa shape index (κ1) is 10.2. The van der Waals surface area contributed by atoms with Gasteiger partial charge in [-0.15, -0.1) is 10.2 Å². The number of H-pyrrole nitrogens is 1. The maximum Gasteiger partial charge on any atom is 0.292 e. The summed E-state index contributed by atoms with van der Waals surface area (Å²) >= 11 is 0. The SMILES string of the molecule is O=C(NCCc1ccncc1)c1nn[nH]n1. The number of pyridine rings is 1. The molecule has 7 nitrogen and oxygen atoms in total. The number of aromatic nitrogens is 5. The number of rotatable bonds is 4. The Morgan fingerprint density at radius 2 is 2.19 bits per heavy atom. The lowest BCUT2D eigenvalue weighted by Crippen LogP contribution is -2.26. The summed E-state index contributed by atoms with van der Waals surface area (Å²) in [6.45, 7) is 0.525. The summed E-state index contributed by atoms with van der Waals surface area (Å²) in [5, 5.41) is 15.4. The van der Waals surface area contributed by atoms with Crippen molar-refractivity contribution in [1.29, 1.82) is 0 Å². The highest BCUT2D eigenvalue weighted by Crippen LogP contribution is 1.96. The molecule has 2 aromatic heterocycles. The maximum absolute atomic E-state index is 11.4. The van der Waals surface area contributed by atoms with Crippen molar-refractivity contribution in [3.63, 3.8) is 0 Å². The minimum Gasteiger partial charge on any atom is -0.349 e. The predicted molar refractivity (Wildman–Crippen MR) is 54.5 cm³/mol. The number of nitrogens with zero attached hydrogens (tertiary/aromatic N) is 4. The molecule has 0 aliphatic heterocycles. The zero-order valence-corrected chi connectivity index (χ0v) is 8.42. The second kappa shape index (κ2) is 4.96.